The van der Waals surface area contributed by atoms with Crippen molar-refractivity contribution < 1.29 is 4.92 Å². The third kappa shape index (κ3) is 4.09. The van der Waals surface area contributed by atoms with Gasteiger partial charge in [-0.1, -0.05) is 11.6 Å². The molecule has 0 saturated carbocycles. The summed E-state index contributed by atoms with van der Waals surface area (Å²) >= 11 is 6.18. The van der Waals surface area contributed by atoms with Crippen LogP contribution in [0.25, 0.3) is 0 Å². The number of halogens is 1. The number of nitro benzene ring substituents is 1. The number of hydrogen-bond donors (Lipinski definition) is 1. The van der Waals surface area contributed by atoms with Gasteiger partial charge < -0.3 is 10.2 Å². The van der Waals surface area contributed by atoms with Gasteiger partial charge in [-0.25, -0.2) is 0 Å². The van der Waals surface area contributed by atoms with E-state index in [9.17, 15) is 10.1 Å². The highest BCUT2D eigenvalue weighted by molar-refractivity contribution is 6.33. The number of nitrogens with zero attached hydrogens (tertiary/aromatic N) is 3. The van der Waals surface area contributed by atoms with E-state index in [-0.39, 0.29) is 5.69 Å². The standard InChI is InChI=1S/C15H23ClN4O2/c1-11-8-13(20(21)22)9-14(16)15(11)17-10-12(2)19-6-4-18(3)5-7-19/h8-9,12,17H,4-7,10H2,1-3H3. The highest BCUT2D eigenvalue weighted by atomic mass is 35.5. The molecule has 1 aliphatic rings. The molecule has 22 heavy (non-hydrogen) atoms. The van der Waals surface area contributed by atoms with E-state index in [0.29, 0.717) is 11.1 Å². The van der Waals surface area contributed by atoms with Crippen molar-refractivity contribution in [3.63, 3.8) is 0 Å². The number of rotatable bonds is 5. The zero-order valence-electron chi connectivity index (χ0n) is 13.3. The van der Waals surface area contributed by atoms with Crippen LogP contribution in [0.5, 0.6) is 0 Å². The van der Waals surface area contributed by atoms with Gasteiger partial charge in [0.2, 0.25) is 0 Å². The van der Waals surface area contributed by atoms with Crippen LogP contribution in [0, 0.1) is 17.0 Å². The first-order chi connectivity index (χ1) is 10.4. The van der Waals surface area contributed by atoms with Gasteiger partial charge in [0.25, 0.3) is 5.69 Å². The third-order valence-electron chi connectivity index (χ3n) is 4.22. The smallest absolute Gasteiger partial charge is 0.271 e. The van der Waals surface area contributed by atoms with Crippen molar-refractivity contribution in [2.75, 3.05) is 45.1 Å². The van der Waals surface area contributed by atoms with Crippen LogP contribution >= 0.6 is 11.6 Å². The van der Waals surface area contributed by atoms with E-state index in [1.165, 1.54) is 6.07 Å². The van der Waals surface area contributed by atoms with Crippen LogP contribution < -0.4 is 5.32 Å². The zero-order valence-corrected chi connectivity index (χ0v) is 14.1. The van der Waals surface area contributed by atoms with E-state index in [1.807, 2.05) is 6.92 Å². The first kappa shape index (κ1) is 17.0. The van der Waals surface area contributed by atoms with Crippen LogP contribution in [-0.4, -0.2) is 60.5 Å². The SMILES string of the molecule is Cc1cc([N+](=O)[O-])cc(Cl)c1NCC(C)N1CCN(C)CC1. The summed E-state index contributed by atoms with van der Waals surface area (Å²) in [6, 6.07) is 3.34. The highest BCUT2D eigenvalue weighted by Crippen LogP contribution is 2.30. The Morgan fingerprint density at radius 1 is 1.36 bits per heavy atom. The molecule has 0 aliphatic carbocycles. The number of aryl methyl sites for hydroxylation is 1. The summed E-state index contributed by atoms with van der Waals surface area (Å²) in [4.78, 5) is 15.2. The molecule has 1 fully saturated rings. The Hall–Kier alpha value is -1.37. The van der Waals surface area contributed by atoms with Crippen LogP contribution in [0.3, 0.4) is 0 Å². The van der Waals surface area contributed by atoms with E-state index < -0.39 is 4.92 Å². The largest absolute Gasteiger partial charge is 0.382 e. The maximum Gasteiger partial charge on any atom is 0.271 e. The second-order valence-electron chi connectivity index (χ2n) is 5.95. The maximum atomic E-state index is 10.8. The molecular weight excluding hydrogens is 304 g/mol. The summed E-state index contributed by atoms with van der Waals surface area (Å²) < 4.78 is 0. The molecule has 1 aliphatic heterocycles. The topological polar surface area (TPSA) is 61.7 Å². The number of benzene rings is 1. The fourth-order valence-corrected chi connectivity index (χ4v) is 3.02. The third-order valence-corrected chi connectivity index (χ3v) is 4.52. The minimum Gasteiger partial charge on any atom is -0.382 e. The van der Waals surface area contributed by atoms with Gasteiger partial charge in [0.05, 0.1) is 15.6 Å². The number of hydrogen-bond acceptors (Lipinski definition) is 5. The highest BCUT2D eigenvalue weighted by Gasteiger charge is 2.20. The predicted molar refractivity (Wildman–Crippen MR) is 89.9 cm³/mol. The fourth-order valence-electron chi connectivity index (χ4n) is 2.70. The second-order valence-corrected chi connectivity index (χ2v) is 6.35. The van der Waals surface area contributed by atoms with Gasteiger partial charge in [-0.15, -0.1) is 0 Å². The number of nitro groups is 1. The molecule has 0 radical (unpaired) electrons. The Balaban J connectivity index is 1.98. The minimum absolute atomic E-state index is 0.0279. The Kier molecular flexibility index (Phi) is 5.61. The Labute approximate surface area is 136 Å². The summed E-state index contributed by atoms with van der Waals surface area (Å²) in [7, 11) is 2.14. The lowest BCUT2D eigenvalue weighted by atomic mass is 10.1. The van der Waals surface area contributed by atoms with Crippen LogP contribution in [0.2, 0.25) is 5.02 Å². The maximum absolute atomic E-state index is 10.8. The first-order valence-corrected chi connectivity index (χ1v) is 7.87. The summed E-state index contributed by atoms with van der Waals surface area (Å²) in [6.07, 6.45) is 0. The van der Waals surface area contributed by atoms with E-state index in [2.05, 4.69) is 29.1 Å². The first-order valence-electron chi connectivity index (χ1n) is 7.49. The lowest BCUT2D eigenvalue weighted by Gasteiger charge is -2.36. The van der Waals surface area contributed by atoms with Crippen molar-refractivity contribution >= 4 is 23.0 Å². The average Bonchev–Trinajstić information content (AvgIpc) is 2.46. The molecule has 7 heteroatoms. The van der Waals surface area contributed by atoms with E-state index in [1.54, 1.807) is 6.07 Å². The molecule has 1 aromatic rings. The Morgan fingerprint density at radius 3 is 2.55 bits per heavy atom. The van der Waals surface area contributed by atoms with Gasteiger partial charge in [-0.3, -0.25) is 15.0 Å². The monoisotopic (exact) mass is 326 g/mol. The summed E-state index contributed by atoms with van der Waals surface area (Å²) in [5.41, 5.74) is 1.61. The van der Waals surface area contributed by atoms with Crippen LogP contribution in [-0.2, 0) is 0 Å². The van der Waals surface area contributed by atoms with E-state index >= 15 is 0 Å². The van der Waals surface area contributed by atoms with Crippen LogP contribution in [0.1, 0.15) is 12.5 Å². The zero-order chi connectivity index (χ0) is 16.3. The van der Waals surface area contributed by atoms with Crippen molar-refractivity contribution in [1.82, 2.24) is 9.80 Å². The summed E-state index contributed by atoms with van der Waals surface area (Å²) in [5.74, 6) is 0. The van der Waals surface area contributed by atoms with Crippen LogP contribution in [0.15, 0.2) is 12.1 Å². The minimum atomic E-state index is -0.421. The van der Waals surface area contributed by atoms with Gasteiger partial charge in [0.1, 0.15) is 0 Å². The lowest BCUT2D eigenvalue weighted by molar-refractivity contribution is -0.384. The molecule has 122 valence electrons. The molecule has 1 N–H and O–H groups in total. The molecular formula is C15H23ClN4O2. The molecule has 0 spiro atoms. The quantitative estimate of drug-likeness (QED) is 0.665. The van der Waals surface area contributed by atoms with Crippen molar-refractivity contribution in [3.8, 4) is 0 Å². The molecule has 0 aromatic heterocycles. The second kappa shape index (κ2) is 7.26. The van der Waals surface area contributed by atoms with Gasteiger partial charge in [-0.05, 0) is 26.5 Å². The number of piperazine rings is 1. The van der Waals surface area contributed by atoms with Gasteiger partial charge in [0.15, 0.2) is 0 Å². The lowest BCUT2D eigenvalue weighted by Crippen LogP contribution is -2.49. The van der Waals surface area contributed by atoms with Crippen molar-refractivity contribution in [3.05, 3.63) is 32.8 Å². The van der Waals surface area contributed by atoms with Crippen LogP contribution in [0.4, 0.5) is 11.4 Å². The van der Waals surface area contributed by atoms with Gasteiger partial charge in [-0.2, -0.15) is 0 Å². The molecule has 1 atom stereocenters. The van der Waals surface area contributed by atoms with Gasteiger partial charge >= 0.3 is 0 Å². The van der Waals surface area contributed by atoms with Crippen molar-refractivity contribution in [1.29, 1.82) is 0 Å². The molecule has 0 amide bonds. The van der Waals surface area contributed by atoms with Crippen molar-refractivity contribution in [2.45, 2.75) is 19.9 Å². The Morgan fingerprint density at radius 2 is 2.00 bits per heavy atom. The summed E-state index contributed by atoms with van der Waals surface area (Å²) in [5, 5.41) is 14.6. The molecule has 6 nitrogen and oxygen atoms in total. The summed E-state index contributed by atoms with van der Waals surface area (Å²) in [6.45, 7) is 9.08. The Bertz CT molecular complexity index is 521. The van der Waals surface area contributed by atoms with Crippen molar-refractivity contribution in [2.24, 2.45) is 0 Å². The number of non-ortho nitro benzene ring substituents is 1. The number of nitrogens with one attached hydrogen (secondary N) is 1. The van der Waals surface area contributed by atoms with E-state index in [4.69, 9.17) is 11.6 Å². The molecule has 1 unspecified atom stereocenters. The molecule has 2 rings (SSSR count). The molecule has 1 heterocycles. The fraction of sp³-hybridized carbons (Fsp3) is 0.600. The normalized spacial score (nSPS) is 18.2. The predicted octanol–water partition coefficient (Wildman–Crippen LogP) is 2.60. The molecule has 1 aromatic carbocycles. The number of anilines is 1. The van der Waals surface area contributed by atoms with E-state index in [0.717, 1.165) is 44.0 Å². The van der Waals surface area contributed by atoms with Gasteiger partial charge in [0, 0.05) is 50.9 Å². The molecule has 1 saturated heterocycles. The number of likely N-dealkylation sites (N-methyl/N-ethyl adjacent to an activating group) is 1. The molecule has 0 bridgehead atoms. The average molecular weight is 327 g/mol.